The molecule has 1 N–H and O–H groups in total. The lowest BCUT2D eigenvalue weighted by molar-refractivity contribution is -0.133. The van der Waals surface area contributed by atoms with Crippen LogP contribution in [-0.2, 0) is 11.2 Å². The van der Waals surface area contributed by atoms with Gasteiger partial charge in [0.15, 0.2) is 0 Å². The number of carbonyl (C=O) groups is 1. The second-order valence-electron chi connectivity index (χ2n) is 7.29. The second kappa shape index (κ2) is 7.85. The predicted octanol–water partition coefficient (Wildman–Crippen LogP) is 2.58. The van der Waals surface area contributed by atoms with Crippen molar-refractivity contribution < 1.29 is 9.90 Å². The highest BCUT2D eigenvalue weighted by Gasteiger charge is 2.37. The van der Waals surface area contributed by atoms with Gasteiger partial charge >= 0.3 is 0 Å². The van der Waals surface area contributed by atoms with Gasteiger partial charge < -0.3 is 14.9 Å². The van der Waals surface area contributed by atoms with Crippen LogP contribution in [0.3, 0.4) is 0 Å². The fraction of sp³-hybridized carbons (Fsp3) is 0.632. The van der Waals surface area contributed by atoms with Crippen molar-refractivity contribution >= 4 is 17.5 Å². The van der Waals surface area contributed by atoms with Gasteiger partial charge in [0, 0.05) is 30.1 Å². The van der Waals surface area contributed by atoms with Crippen LogP contribution in [-0.4, -0.2) is 60.1 Å². The first-order valence-electron chi connectivity index (χ1n) is 8.96. The topological polar surface area (TPSA) is 43.8 Å². The van der Waals surface area contributed by atoms with Crippen LogP contribution in [0.4, 0.5) is 0 Å². The Morgan fingerprint density at radius 2 is 1.79 bits per heavy atom. The summed E-state index contributed by atoms with van der Waals surface area (Å²) in [6.45, 7) is 4.95. The zero-order chi connectivity index (χ0) is 17.0. The Labute approximate surface area is 149 Å². The van der Waals surface area contributed by atoms with Crippen molar-refractivity contribution in [2.45, 2.75) is 32.1 Å². The van der Waals surface area contributed by atoms with Crippen molar-refractivity contribution in [2.75, 3.05) is 39.3 Å². The Morgan fingerprint density at radius 3 is 2.42 bits per heavy atom. The van der Waals surface area contributed by atoms with E-state index in [9.17, 15) is 9.90 Å². The van der Waals surface area contributed by atoms with Gasteiger partial charge in [-0.1, -0.05) is 29.8 Å². The Balaban J connectivity index is 1.55. The maximum atomic E-state index is 12.6. The van der Waals surface area contributed by atoms with Crippen LogP contribution in [0.2, 0.25) is 5.02 Å². The molecule has 24 heavy (non-hydrogen) atoms. The summed E-state index contributed by atoms with van der Waals surface area (Å²) in [6.07, 6.45) is 4.66. The van der Waals surface area contributed by atoms with Gasteiger partial charge in [-0.25, -0.2) is 0 Å². The minimum Gasteiger partial charge on any atom is -0.396 e. The van der Waals surface area contributed by atoms with E-state index in [1.807, 2.05) is 29.2 Å². The number of aliphatic hydroxyl groups is 1. The summed E-state index contributed by atoms with van der Waals surface area (Å²) < 4.78 is 0. The molecule has 1 amide bonds. The van der Waals surface area contributed by atoms with Gasteiger partial charge in [-0.3, -0.25) is 4.79 Å². The minimum absolute atomic E-state index is 0.0362. The van der Waals surface area contributed by atoms with Gasteiger partial charge in [-0.2, -0.15) is 0 Å². The molecule has 0 saturated carbocycles. The Kier molecular flexibility index (Phi) is 5.80. The van der Waals surface area contributed by atoms with Crippen molar-refractivity contribution in [3.05, 3.63) is 34.9 Å². The number of carbonyl (C=O) groups excluding carboxylic acids is 1. The van der Waals surface area contributed by atoms with E-state index in [1.54, 1.807) is 0 Å². The molecule has 1 aromatic rings. The first-order chi connectivity index (χ1) is 11.6. The number of amides is 1. The number of aliphatic hydroxyl groups excluding tert-OH is 1. The Bertz CT molecular complexity index is 564. The number of halogens is 1. The first-order valence-corrected chi connectivity index (χ1v) is 9.34. The van der Waals surface area contributed by atoms with Crippen molar-refractivity contribution in [3.63, 3.8) is 0 Å². The zero-order valence-corrected chi connectivity index (χ0v) is 15.0. The lowest BCUT2D eigenvalue weighted by atomic mass is 9.78. The number of nitrogens with zero attached hydrogens (tertiary/aromatic N) is 2. The molecule has 2 heterocycles. The van der Waals surface area contributed by atoms with Crippen molar-refractivity contribution in [3.8, 4) is 0 Å². The molecule has 0 radical (unpaired) electrons. The van der Waals surface area contributed by atoms with Gasteiger partial charge in [0.2, 0.25) is 5.91 Å². The van der Waals surface area contributed by atoms with Crippen LogP contribution in [0.1, 0.15) is 31.2 Å². The fourth-order valence-corrected chi connectivity index (χ4v) is 4.13. The van der Waals surface area contributed by atoms with Crippen LogP contribution in [0.5, 0.6) is 0 Å². The van der Waals surface area contributed by atoms with Gasteiger partial charge in [-0.05, 0) is 50.4 Å². The zero-order valence-electron chi connectivity index (χ0n) is 14.2. The van der Waals surface area contributed by atoms with Crippen LogP contribution >= 0.6 is 11.6 Å². The molecule has 3 rings (SSSR count). The summed E-state index contributed by atoms with van der Waals surface area (Å²) in [5.74, 6) is 0.135. The summed E-state index contributed by atoms with van der Waals surface area (Å²) in [5, 5.41) is 10.6. The molecule has 2 aliphatic heterocycles. The number of hydrogen-bond acceptors (Lipinski definition) is 3. The maximum Gasteiger partial charge on any atom is 0.227 e. The molecular weight excluding hydrogens is 324 g/mol. The molecular formula is C19H27ClN2O2. The van der Waals surface area contributed by atoms with Crippen molar-refractivity contribution in [2.24, 2.45) is 5.41 Å². The van der Waals surface area contributed by atoms with Gasteiger partial charge in [0.25, 0.3) is 0 Å². The number of piperidine rings is 1. The summed E-state index contributed by atoms with van der Waals surface area (Å²) in [7, 11) is 0. The van der Waals surface area contributed by atoms with Crippen molar-refractivity contribution in [1.29, 1.82) is 0 Å². The third-order valence-corrected chi connectivity index (χ3v) is 5.94. The molecule has 1 aromatic carbocycles. The molecule has 0 spiro atoms. The van der Waals surface area contributed by atoms with Gasteiger partial charge in [0.05, 0.1) is 13.0 Å². The number of hydrogen-bond donors (Lipinski definition) is 1. The highest BCUT2D eigenvalue weighted by molar-refractivity contribution is 6.31. The molecule has 4 nitrogen and oxygen atoms in total. The van der Waals surface area contributed by atoms with E-state index in [0.717, 1.165) is 51.1 Å². The Morgan fingerprint density at radius 1 is 1.12 bits per heavy atom. The van der Waals surface area contributed by atoms with E-state index in [2.05, 4.69) is 4.90 Å². The normalized spacial score (nSPS) is 21.2. The van der Waals surface area contributed by atoms with Crippen LogP contribution in [0.25, 0.3) is 0 Å². The molecule has 132 valence electrons. The molecule has 2 fully saturated rings. The molecule has 5 heteroatoms. The number of likely N-dealkylation sites (tertiary alicyclic amines) is 2. The average molecular weight is 351 g/mol. The fourth-order valence-electron chi connectivity index (χ4n) is 3.93. The Hall–Kier alpha value is -1.10. The minimum atomic E-state index is -0.0362. The molecule has 0 unspecified atom stereocenters. The van der Waals surface area contributed by atoms with Crippen LogP contribution in [0, 0.1) is 5.41 Å². The molecule has 0 atom stereocenters. The third kappa shape index (κ3) is 4.11. The first kappa shape index (κ1) is 17.7. The third-order valence-electron chi connectivity index (χ3n) is 5.57. The van der Waals surface area contributed by atoms with Crippen LogP contribution in [0.15, 0.2) is 24.3 Å². The summed E-state index contributed by atoms with van der Waals surface area (Å²) in [4.78, 5) is 17.0. The monoisotopic (exact) mass is 350 g/mol. The predicted molar refractivity (Wildman–Crippen MR) is 96.2 cm³/mol. The SMILES string of the molecule is O=C(Cc1ccccc1Cl)N1CCC(CO)(CN2CCCC2)CC1. The average Bonchev–Trinajstić information content (AvgIpc) is 3.10. The molecule has 2 saturated heterocycles. The number of rotatable bonds is 5. The summed E-state index contributed by atoms with van der Waals surface area (Å²) >= 11 is 6.16. The van der Waals surface area contributed by atoms with Gasteiger partial charge in [-0.15, -0.1) is 0 Å². The molecule has 2 aliphatic rings. The molecule has 0 aromatic heterocycles. The largest absolute Gasteiger partial charge is 0.396 e. The highest BCUT2D eigenvalue weighted by Crippen LogP contribution is 2.33. The molecule has 0 bridgehead atoms. The smallest absolute Gasteiger partial charge is 0.227 e. The van der Waals surface area contributed by atoms with Gasteiger partial charge in [0.1, 0.15) is 0 Å². The quantitative estimate of drug-likeness (QED) is 0.887. The highest BCUT2D eigenvalue weighted by atomic mass is 35.5. The lowest BCUT2D eigenvalue weighted by Gasteiger charge is -2.42. The van der Waals surface area contributed by atoms with E-state index >= 15 is 0 Å². The van der Waals surface area contributed by atoms with E-state index in [4.69, 9.17) is 11.6 Å². The lowest BCUT2D eigenvalue weighted by Crippen LogP contribution is -2.49. The van der Waals surface area contributed by atoms with E-state index in [-0.39, 0.29) is 17.9 Å². The second-order valence-corrected chi connectivity index (χ2v) is 7.70. The maximum absolute atomic E-state index is 12.6. The van der Waals surface area contributed by atoms with Crippen molar-refractivity contribution in [1.82, 2.24) is 9.80 Å². The standard InChI is InChI=1S/C19H27ClN2O2/c20-17-6-2-1-5-16(17)13-18(24)22-11-7-19(15-23,8-12-22)14-21-9-3-4-10-21/h1-2,5-6,23H,3-4,7-15H2. The van der Waals surface area contributed by atoms with Crippen LogP contribution < -0.4 is 0 Å². The molecule has 0 aliphatic carbocycles. The summed E-state index contributed by atoms with van der Waals surface area (Å²) in [5.41, 5.74) is 0.853. The van der Waals surface area contributed by atoms with E-state index < -0.39 is 0 Å². The summed E-state index contributed by atoms with van der Waals surface area (Å²) in [6, 6.07) is 7.53. The van der Waals surface area contributed by atoms with E-state index in [0.29, 0.717) is 11.4 Å². The number of benzene rings is 1. The van der Waals surface area contributed by atoms with E-state index in [1.165, 1.54) is 12.8 Å².